The lowest BCUT2D eigenvalue weighted by Gasteiger charge is -2.35. The molecule has 3 aliphatic rings. The van der Waals surface area contributed by atoms with Crippen LogP contribution in [0.2, 0.25) is 0 Å². The van der Waals surface area contributed by atoms with Gasteiger partial charge in [-0.2, -0.15) is 0 Å². The van der Waals surface area contributed by atoms with Gasteiger partial charge >= 0.3 is 0 Å². The minimum atomic E-state index is -0.596. The molecule has 2 fully saturated rings. The number of anilines is 3. The maximum absolute atomic E-state index is 13.5. The molecule has 2 aromatic heterocycles. The Kier molecular flexibility index (Phi) is 4.92. The Morgan fingerprint density at radius 1 is 1.03 bits per heavy atom. The molecule has 1 spiro atoms. The summed E-state index contributed by atoms with van der Waals surface area (Å²) in [7, 11) is 2.12. The summed E-state index contributed by atoms with van der Waals surface area (Å²) in [4.78, 5) is 39.5. The minimum absolute atomic E-state index is 0.151. The molecule has 1 saturated heterocycles. The molecule has 164 valence electrons. The van der Waals surface area contributed by atoms with E-state index in [1.165, 1.54) is 6.33 Å². The number of carbonyl (C=O) groups is 1. The number of hydrogen-bond acceptors (Lipinski definition) is 7. The van der Waals surface area contributed by atoms with E-state index < -0.39 is 5.66 Å². The van der Waals surface area contributed by atoms with Crippen LogP contribution in [0.3, 0.4) is 0 Å². The van der Waals surface area contributed by atoms with Gasteiger partial charge in [0.2, 0.25) is 0 Å². The Morgan fingerprint density at radius 3 is 2.52 bits per heavy atom. The van der Waals surface area contributed by atoms with Gasteiger partial charge in [-0.1, -0.05) is 6.42 Å². The standard InChI is InChI=1S/C22H29N7O2/c1-15-12-16(21(31)29-19(15)20(30)26-22(29)6-4-3-5-7-22)25-17-13-18(24-14-23-17)28-10-8-27(2)9-11-28/h12-14H,3-11H2,1-2H3,(H,26,30)(H,23,24,25). The van der Waals surface area contributed by atoms with Crippen LogP contribution >= 0.6 is 0 Å². The van der Waals surface area contributed by atoms with Crippen molar-refractivity contribution in [2.75, 3.05) is 43.4 Å². The van der Waals surface area contributed by atoms with Crippen molar-refractivity contribution in [1.82, 2.24) is 24.8 Å². The summed E-state index contributed by atoms with van der Waals surface area (Å²) in [5, 5.41) is 6.33. The van der Waals surface area contributed by atoms with E-state index in [1.807, 2.05) is 13.0 Å². The zero-order chi connectivity index (χ0) is 21.6. The smallest absolute Gasteiger partial charge is 0.276 e. The summed E-state index contributed by atoms with van der Waals surface area (Å²) >= 11 is 0. The zero-order valence-corrected chi connectivity index (χ0v) is 18.1. The second kappa shape index (κ2) is 7.64. The van der Waals surface area contributed by atoms with Crippen molar-refractivity contribution in [3.63, 3.8) is 0 Å². The Morgan fingerprint density at radius 2 is 1.77 bits per heavy atom. The van der Waals surface area contributed by atoms with Gasteiger partial charge in [0.1, 0.15) is 35.0 Å². The van der Waals surface area contributed by atoms with Crippen LogP contribution in [0.5, 0.6) is 0 Å². The number of carbonyl (C=O) groups excluding carboxylic acids is 1. The topological polar surface area (TPSA) is 95.4 Å². The predicted octanol–water partition coefficient (Wildman–Crippen LogP) is 1.80. The van der Waals surface area contributed by atoms with Crippen molar-refractivity contribution in [3.05, 3.63) is 40.1 Å². The number of aromatic nitrogens is 3. The third kappa shape index (κ3) is 3.46. The lowest BCUT2D eigenvalue weighted by molar-refractivity contribution is 0.0876. The van der Waals surface area contributed by atoms with Crippen LogP contribution in [0.1, 0.15) is 48.2 Å². The Balaban J connectivity index is 1.48. The summed E-state index contributed by atoms with van der Waals surface area (Å²) in [6.07, 6.45) is 6.24. The van der Waals surface area contributed by atoms with Gasteiger partial charge in [0.05, 0.1) is 0 Å². The van der Waals surface area contributed by atoms with E-state index >= 15 is 0 Å². The van der Waals surface area contributed by atoms with Crippen LogP contribution < -0.4 is 21.1 Å². The van der Waals surface area contributed by atoms with Crippen molar-refractivity contribution in [3.8, 4) is 0 Å². The number of piperazine rings is 1. The fraction of sp³-hybridized carbons (Fsp3) is 0.545. The van der Waals surface area contributed by atoms with E-state index in [2.05, 4.69) is 37.4 Å². The zero-order valence-electron chi connectivity index (χ0n) is 18.1. The molecular formula is C22H29N7O2. The summed E-state index contributed by atoms with van der Waals surface area (Å²) < 4.78 is 1.70. The van der Waals surface area contributed by atoms with Gasteiger partial charge in [-0.3, -0.25) is 14.2 Å². The van der Waals surface area contributed by atoms with Crippen LogP contribution in [-0.4, -0.2) is 58.6 Å². The Bertz CT molecular complexity index is 1070. The molecule has 0 unspecified atom stereocenters. The maximum Gasteiger partial charge on any atom is 0.276 e. The van der Waals surface area contributed by atoms with Gasteiger partial charge in [0, 0.05) is 32.2 Å². The first-order valence-corrected chi connectivity index (χ1v) is 11.1. The van der Waals surface area contributed by atoms with Crippen molar-refractivity contribution >= 4 is 23.2 Å². The van der Waals surface area contributed by atoms with E-state index in [-0.39, 0.29) is 11.5 Å². The molecule has 1 aliphatic carbocycles. The third-order valence-electron chi connectivity index (χ3n) is 6.80. The van der Waals surface area contributed by atoms with Gasteiger partial charge in [0.25, 0.3) is 11.5 Å². The van der Waals surface area contributed by atoms with Crippen LogP contribution in [-0.2, 0) is 5.66 Å². The lowest BCUT2D eigenvalue weighted by Crippen LogP contribution is -2.48. The molecule has 1 amide bonds. The molecule has 0 atom stereocenters. The predicted molar refractivity (Wildman–Crippen MR) is 119 cm³/mol. The number of hydrogen-bond donors (Lipinski definition) is 2. The summed E-state index contributed by atoms with van der Waals surface area (Å²) in [6, 6.07) is 3.64. The number of rotatable bonds is 3. The molecule has 2 aromatic rings. The van der Waals surface area contributed by atoms with E-state index in [0.717, 1.165) is 69.7 Å². The first kappa shape index (κ1) is 20.0. The first-order chi connectivity index (χ1) is 15.0. The quantitative estimate of drug-likeness (QED) is 0.777. The normalized spacial score (nSPS) is 20.6. The van der Waals surface area contributed by atoms with Crippen molar-refractivity contribution in [2.24, 2.45) is 0 Å². The van der Waals surface area contributed by atoms with E-state index in [9.17, 15) is 9.59 Å². The molecule has 9 nitrogen and oxygen atoms in total. The minimum Gasteiger partial charge on any atom is -0.354 e. The van der Waals surface area contributed by atoms with Crippen LogP contribution in [0.15, 0.2) is 23.3 Å². The monoisotopic (exact) mass is 423 g/mol. The van der Waals surface area contributed by atoms with Crippen molar-refractivity contribution < 1.29 is 4.79 Å². The molecule has 1 saturated carbocycles. The van der Waals surface area contributed by atoms with Gasteiger partial charge in [-0.05, 0) is 51.3 Å². The number of nitrogens with one attached hydrogen (secondary N) is 2. The molecule has 2 N–H and O–H groups in total. The maximum atomic E-state index is 13.5. The highest BCUT2D eigenvalue weighted by Gasteiger charge is 2.45. The van der Waals surface area contributed by atoms with Gasteiger partial charge in [-0.25, -0.2) is 9.97 Å². The fourth-order valence-corrected chi connectivity index (χ4v) is 5.10. The van der Waals surface area contributed by atoms with Crippen LogP contribution in [0, 0.1) is 6.92 Å². The average Bonchev–Trinajstić information content (AvgIpc) is 3.05. The molecule has 5 rings (SSSR count). The van der Waals surface area contributed by atoms with Crippen molar-refractivity contribution in [1.29, 1.82) is 0 Å². The molecule has 31 heavy (non-hydrogen) atoms. The fourth-order valence-electron chi connectivity index (χ4n) is 5.10. The number of amides is 1. The highest BCUT2D eigenvalue weighted by Crippen LogP contribution is 2.37. The van der Waals surface area contributed by atoms with Gasteiger partial charge in [-0.15, -0.1) is 0 Å². The number of nitrogens with zero attached hydrogens (tertiary/aromatic N) is 5. The Labute approximate surface area is 181 Å². The highest BCUT2D eigenvalue weighted by atomic mass is 16.2. The van der Waals surface area contributed by atoms with Gasteiger partial charge in [0.15, 0.2) is 0 Å². The lowest BCUT2D eigenvalue weighted by atomic mass is 9.89. The molecule has 0 bridgehead atoms. The molecule has 9 heteroatoms. The summed E-state index contributed by atoms with van der Waals surface area (Å²) in [5.74, 6) is 1.28. The first-order valence-electron chi connectivity index (χ1n) is 11.1. The second-order valence-electron chi connectivity index (χ2n) is 8.95. The summed E-state index contributed by atoms with van der Waals surface area (Å²) in [5.41, 5.74) is 0.931. The highest BCUT2D eigenvalue weighted by molar-refractivity contribution is 5.97. The number of likely N-dealkylation sites (N-methyl/N-ethyl adjacent to an activating group) is 1. The van der Waals surface area contributed by atoms with Crippen LogP contribution in [0.4, 0.5) is 17.3 Å². The number of aryl methyl sites for hydroxylation is 1. The number of pyridine rings is 1. The molecule has 2 aliphatic heterocycles. The van der Waals surface area contributed by atoms with Gasteiger partial charge < -0.3 is 20.4 Å². The third-order valence-corrected chi connectivity index (χ3v) is 6.80. The average molecular weight is 424 g/mol. The molecule has 0 radical (unpaired) electrons. The van der Waals surface area contributed by atoms with E-state index in [4.69, 9.17) is 0 Å². The molecular weight excluding hydrogens is 394 g/mol. The van der Waals surface area contributed by atoms with Crippen LogP contribution in [0.25, 0.3) is 0 Å². The van der Waals surface area contributed by atoms with E-state index in [1.54, 1.807) is 10.6 Å². The van der Waals surface area contributed by atoms with E-state index in [0.29, 0.717) is 17.2 Å². The Hall–Kier alpha value is -2.94. The molecule has 0 aromatic carbocycles. The number of fused-ring (bicyclic) bond motifs is 2. The van der Waals surface area contributed by atoms with Crippen molar-refractivity contribution in [2.45, 2.75) is 44.7 Å². The second-order valence-corrected chi connectivity index (χ2v) is 8.95. The summed E-state index contributed by atoms with van der Waals surface area (Å²) in [6.45, 7) is 5.67. The largest absolute Gasteiger partial charge is 0.354 e. The SMILES string of the molecule is Cc1cc(Nc2cc(N3CCN(C)CC3)ncn2)c(=O)n2c1C(=O)NC21CCCCC1. The molecule has 4 heterocycles.